The number of anilines is 3. The van der Waals surface area contributed by atoms with Crippen LogP contribution in [0.5, 0.6) is 0 Å². The predicted molar refractivity (Wildman–Crippen MR) is 214 cm³/mol. The van der Waals surface area contributed by atoms with Crippen molar-refractivity contribution in [2.45, 2.75) is 19.3 Å². The monoisotopic (exact) mass is 653 g/mol. The number of hydrogen-bond acceptors (Lipinski definition) is 2. The minimum Gasteiger partial charge on any atom is -0.456 e. The molecule has 0 fully saturated rings. The molecule has 1 aliphatic rings. The van der Waals surface area contributed by atoms with Crippen molar-refractivity contribution in [2.75, 3.05) is 4.90 Å². The molecule has 0 bridgehead atoms. The summed E-state index contributed by atoms with van der Waals surface area (Å²) in [4.78, 5) is 2.46. The average Bonchev–Trinajstić information content (AvgIpc) is 3.66. The normalized spacial score (nSPS) is 13.1. The van der Waals surface area contributed by atoms with Gasteiger partial charge in [-0.1, -0.05) is 141 Å². The lowest BCUT2D eigenvalue weighted by Crippen LogP contribution is -2.16. The largest absolute Gasteiger partial charge is 0.456 e. The van der Waals surface area contributed by atoms with Crippen LogP contribution < -0.4 is 4.90 Å². The number of rotatable bonds is 5. The Hall–Kier alpha value is -6.38. The zero-order chi connectivity index (χ0) is 34.1. The van der Waals surface area contributed by atoms with E-state index in [2.05, 4.69) is 183 Å². The molecule has 1 heterocycles. The van der Waals surface area contributed by atoms with Crippen LogP contribution in [0.2, 0.25) is 0 Å². The summed E-state index contributed by atoms with van der Waals surface area (Å²) in [6.45, 7) is 4.70. The van der Waals surface area contributed by atoms with E-state index in [4.69, 9.17) is 4.42 Å². The zero-order valence-electron chi connectivity index (χ0n) is 28.6. The van der Waals surface area contributed by atoms with Crippen molar-refractivity contribution in [2.24, 2.45) is 0 Å². The van der Waals surface area contributed by atoms with E-state index in [1.807, 2.05) is 12.1 Å². The first kappa shape index (κ1) is 29.5. The molecule has 0 saturated heterocycles. The molecule has 0 unspecified atom stereocenters. The Bertz CT molecular complexity index is 2770. The van der Waals surface area contributed by atoms with Crippen molar-refractivity contribution >= 4 is 49.8 Å². The van der Waals surface area contributed by atoms with Crippen LogP contribution in [0.25, 0.3) is 66.1 Å². The van der Waals surface area contributed by atoms with E-state index in [0.29, 0.717) is 0 Å². The highest BCUT2D eigenvalue weighted by molar-refractivity contribution is 6.10. The van der Waals surface area contributed by atoms with Crippen molar-refractivity contribution in [3.05, 3.63) is 187 Å². The van der Waals surface area contributed by atoms with Gasteiger partial charge in [-0.3, -0.25) is 0 Å². The Labute approximate surface area is 297 Å². The van der Waals surface area contributed by atoms with Crippen LogP contribution in [0.4, 0.5) is 17.1 Å². The van der Waals surface area contributed by atoms with Crippen LogP contribution in [0.3, 0.4) is 0 Å². The third-order valence-corrected chi connectivity index (χ3v) is 10.9. The maximum atomic E-state index is 6.23. The fourth-order valence-electron chi connectivity index (χ4n) is 8.31. The Morgan fingerprint density at radius 2 is 1.12 bits per heavy atom. The molecule has 1 aromatic heterocycles. The number of para-hydroxylation sites is 2. The Balaban J connectivity index is 1.13. The minimum atomic E-state index is -0.0968. The van der Waals surface area contributed by atoms with Gasteiger partial charge >= 0.3 is 0 Å². The minimum absolute atomic E-state index is 0.0968. The average molecular weight is 654 g/mol. The first-order chi connectivity index (χ1) is 25.0. The number of benzene rings is 8. The fourth-order valence-corrected chi connectivity index (χ4v) is 8.31. The van der Waals surface area contributed by atoms with Gasteiger partial charge < -0.3 is 9.32 Å². The first-order valence-corrected chi connectivity index (χ1v) is 17.7. The Kier molecular flexibility index (Phi) is 6.56. The summed E-state index contributed by atoms with van der Waals surface area (Å²) in [5.41, 5.74) is 15.3. The highest BCUT2D eigenvalue weighted by atomic mass is 16.3. The van der Waals surface area contributed by atoms with E-state index in [-0.39, 0.29) is 5.41 Å². The van der Waals surface area contributed by atoms with Crippen LogP contribution in [0.1, 0.15) is 25.0 Å². The highest BCUT2D eigenvalue weighted by Crippen LogP contribution is 2.54. The van der Waals surface area contributed by atoms with Crippen molar-refractivity contribution in [3.63, 3.8) is 0 Å². The smallest absolute Gasteiger partial charge is 0.136 e. The van der Waals surface area contributed by atoms with Gasteiger partial charge in [0.15, 0.2) is 0 Å². The molecule has 0 aliphatic heterocycles. The summed E-state index contributed by atoms with van der Waals surface area (Å²) in [7, 11) is 0. The molecule has 0 N–H and O–H groups in total. The third-order valence-electron chi connectivity index (χ3n) is 10.9. The second-order valence-electron chi connectivity index (χ2n) is 14.1. The Morgan fingerprint density at radius 1 is 0.431 bits per heavy atom. The number of hydrogen-bond donors (Lipinski definition) is 0. The molecular formula is C49H35NO. The van der Waals surface area contributed by atoms with Crippen molar-refractivity contribution in [1.29, 1.82) is 0 Å². The molecule has 0 saturated carbocycles. The van der Waals surface area contributed by atoms with Gasteiger partial charge in [-0.15, -0.1) is 0 Å². The van der Waals surface area contributed by atoms with Gasteiger partial charge in [0.05, 0.1) is 11.4 Å². The second-order valence-corrected chi connectivity index (χ2v) is 14.1. The van der Waals surface area contributed by atoms with Gasteiger partial charge in [-0.2, -0.15) is 0 Å². The van der Waals surface area contributed by atoms with Gasteiger partial charge in [0, 0.05) is 33.0 Å². The zero-order valence-corrected chi connectivity index (χ0v) is 28.6. The van der Waals surface area contributed by atoms with Gasteiger partial charge in [0.1, 0.15) is 11.2 Å². The quantitative estimate of drug-likeness (QED) is 0.184. The summed E-state index contributed by atoms with van der Waals surface area (Å²) >= 11 is 0. The molecule has 10 rings (SSSR count). The van der Waals surface area contributed by atoms with Crippen molar-refractivity contribution < 1.29 is 4.42 Å². The SMILES string of the molecule is CC1(C)c2ccccc2-c2c(N(c3ccc(-c4ccc5cc6c(cc5c4)oc4ccccc46)cc3)c3ccccc3-c3ccccc3)cccc21. The molecule has 0 spiro atoms. The van der Waals surface area contributed by atoms with Crippen LogP contribution in [-0.4, -0.2) is 0 Å². The van der Waals surface area contributed by atoms with E-state index < -0.39 is 0 Å². The summed E-state index contributed by atoms with van der Waals surface area (Å²) < 4.78 is 6.23. The van der Waals surface area contributed by atoms with Crippen LogP contribution in [0, 0.1) is 0 Å². The van der Waals surface area contributed by atoms with Crippen LogP contribution in [-0.2, 0) is 5.41 Å². The van der Waals surface area contributed by atoms with Gasteiger partial charge in [-0.05, 0) is 92.7 Å². The highest BCUT2D eigenvalue weighted by Gasteiger charge is 2.37. The summed E-state index contributed by atoms with van der Waals surface area (Å²) in [5, 5.41) is 4.69. The summed E-state index contributed by atoms with van der Waals surface area (Å²) in [6, 6.07) is 63.7. The van der Waals surface area contributed by atoms with Gasteiger partial charge in [0.25, 0.3) is 0 Å². The third kappa shape index (κ3) is 4.64. The van der Waals surface area contributed by atoms with E-state index >= 15 is 0 Å². The molecule has 1 aliphatic carbocycles. The lowest BCUT2D eigenvalue weighted by atomic mass is 9.82. The standard InChI is InChI=1S/C49H35NO/c1-49(2)42-18-9-6-17-40(42)48-43(49)19-12-21-45(48)50(44-20-10-7-15-38(44)33-13-4-3-5-14-33)37-27-25-32(26-28-37)34-23-24-35-30-41-39-16-8-11-22-46(39)51-47(41)31-36(35)29-34/h3-31H,1-2H3. The molecule has 2 nitrogen and oxygen atoms in total. The molecule has 8 aromatic carbocycles. The van der Waals surface area contributed by atoms with E-state index in [1.165, 1.54) is 61.0 Å². The second kappa shape index (κ2) is 11.3. The molecule has 2 heteroatoms. The number of furan rings is 1. The summed E-state index contributed by atoms with van der Waals surface area (Å²) in [5.74, 6) is 0. The van der Waals surface area contributed by atoms with Crippen LogP contribution in [0.15, 0.2) is 180 Å². The molecule has 51 heavy (non-hydrogen) atoms. The van der Waals surface area contributed by atoms with Crippen molar-refractivity contribution in [3.8, 4) is 33.4 Å². The lowest BCUT2D eigenvalue weighted by Gasteiger charge is -2.30. The first-order valence-electron chi connectivity index (χ1n) is 17.7. The maximum Gasteiger partial charge on any atom is 0.136 e. The van der Waals surface area contributed by atoms with E-state index in [1.54, 1.807) is 0 Å². The number of nitrogens with zero attached hydrogens (tertiary/aromatic N) is 1. The van der Waals surface area contributed by atoms with E-state index in [9.17, 15) is 0 Å². The molecule has 9 aromatic rings. The topological polar surface area (TPSA) is 16.4 Å². The lowest BCUT2D eigenvalue weighted by molar-refractivity contribution is 0.660. The molecule has 0 radical (unpaired) electrons. The molecule has 0 atom stereocenters. The summed E-state index contributed by atoms with van der Waals surface area (Å²) in [6.07, 6.45) is 0. The molecular weight excluding hydrogens is 619 g/mol. The molecule has 242 valence electrons. The maximum absolute atomic E-state index is 6.23. The number of fused-ring (bicyclic) bond motifs is 7. The van der Waals surface area contributed by atoms with Gasteiger partial charge in [0.2, 0.25) is 0 Å². The molecule has 0 amide bonds. The predicted octanol–water partition coefficient (Wildman–Crippen LogP) is 13.8. The van der Waals surface area contributed by atoms with Crippen molar-refractivity contribution in [1.82, 2.24) is 0 Å². The van der Waals surface area contributed by atoms with Gasteiger partial charge in [-0.25, -0.2) is 0 Å². The fraction of sp³-hybridized carbons (Fsp3) is 0.0612. The van der Waals surface area contributed by atoms with E-state index in [0.717, 1.165) is 33.3 Å². The van der Waals surface area contributed by atoms with Crippen LogP contribution >= 0.6 is 0 Å². The Morgan fingerprint density at radius 3 is 1.98 bits per heavy atom.